The van der Waals surface area contributed by atoms with Gasteiger partial charge in [0.1, 0.15) is 5.75 Å². The molecule has 0 bridgehead atoms. The Morgan fingerprint density at radius 3 is 2.82 bits per heavy atom. The molecule has 0 spiro atoms. The quantitative estimate of drug-likeness (QED) is 0.800. The minimum atomic E-state index is -0.0618. The monoisotopic (exact) mass is 302 g/mol. The summed E-state index contributed by atoms with van der Waals surface area (Å²) in [6.07, 6.45) is 2.37. The number of nitrogens with zero attached hydrogens (tertiary/aromatic N) is 2. The van der Waals surface area contributed by atoms with Crippen LogP contribution in [0.25, 0.3) is 10.9 Å². The van der Waals surface area contributed by atoms with E-state index in [0.717, 1.165) is 24.8 Å². The first-order chi connectivity index (χ1) is 10.7. The highest BCUT2D eigenvalue weighted by molar-refractivity contribution is 6.03. The predicted molar refractivity (Wildman–Crippen MR) is 81.8 cm³/mol. The van der Waals surface area contributed by atoms with Gasteiger partial charge in [-0.15, -0.1) is 0 Å². The van der Waals surface area contributed by atoms with Crippen molar-refractivity contribution in [3.63, 3.8) is 0 Å². The Hall–Kier alpha value is -2.18. The van der Waals surface area contributed by atoms with Crippen LogP contribution in [-0.4, -0.2) is 61.6 Å². The molecular weight excluding hydrogens is 284 g/mol. The maximum atomic E-state index is 12.6. The van der Waals surface area contributed by atoms with E-state index in [-0.39, 0.29) is 5.91 Å². The summed E-state index contributed by atoms with van der Waals surface area (Å²) < 4.78 is 12.0. The van der Waals surface area contributed by atoms with Gasteiger partial charge in [0.05, 0.1) is 32.4 Å². The first-order valence-corrected chi connectivity index (χ1v) is 7.20. The lowest BCUT2D eigenvalue weighted by Crippen LogP contribution is -2.40. The lowest BCUT2D eigenvalue weighted by atomic mass is 10.2. The van der Waals surface area contributed by atoms with Crippen LogP contribution in [0.4, 0.5) is 0 Å². The summed E-state index contributed by atoms with van der Waals surface area (Å²) in [6.45, 7) is 3.09. The molecule has 6 heteroatoms. The van der Waals surface area contributed by atoms with Crippen LogP contribution in [-0.2, 0) is 4.74 Å². The van der Waals surface area contributed by atoms with E-state index in [4.69, 9.17) is 9.47 Å². The van der Waals surface area contributed by atoms with Gasteiger partial charge < -0.3 is 9.47 Å². The first kappa shape index (κ1) is 14.7. The van der Waals surface area contributed by atoms with Crippen LogP contribution in [0, 0.1) is 0 Å². The number of carbonyl (C=O) groups excluding carboxylic acids is 2. The van der Waals surface area contributed by atoms with E-state index in [1.807, 2.05) is 0 Å². The van der Waals surface area contributed by atoms with Crippen molar-refractivity contribution in [1.82, 2.24) is 9.47 Å². The molecular formula is C16H18N2O4. The van der Waals surface area contributed by atoms with Crippen molar-refractivity contribution < 1.29 is 19.1 Å². The normalized spacial score (nSPS) is 15.9. The average Bonchev–Trinajstić information content (AvgIpc) is 2.93. The van der Waals surface area contributed by atoms with Gasteiger partial charge in [-0.3, -0.25) is 19.1 Å². The molecule has 1 aromatic heterocycles. The Bertz CT molecular complexity index is 701. The largest absolute Gasteiger partial charge is 0.497 e. The molecule has 0 amide bonds. The minimum absolute atomic E-state index is 0.0618. The molecule has 22 heavy (non-hydrogen) atoms. The standard InChI is InChI=1S/C16H18N2O4/c1-21-13-2-3-14-12(11-19)9-18(15(14)8-13)16(20)10-17-4-6-22-7-5-17/h2-3,8-9,11H,4-7,10H2,1H3. The van der Waals surface area contributed by atoms with Crippen molar-refractivity contribution in [2.75, 3.05) is 40.0 Å². The zero-order chi connectivity index (χ0) is 15.5. The lowest BCUT2D eigenvalue weighted by Gasteiger charge is -2.25. The number of aldehydes is 1. The van der Waals surface area contributed by atoms with Crippen molar-refractivity contribution in [3.8, 4) is 5.75 Å². The smallest absolute Gasteiger partial charge is 0.245 e. The Morgan fingerprint density at radius 1 is 1.36 bits per heavy atom. The molecule has 6 nitrogen and oxygen atoms in total. The van der Waals surface area contributed by atoms with Crippen LogP contribution in [0.3, 0.4) is 0 Å². The first-order valence-electron chi connectivity index (χ1n) is 7.20. The third-order valence-electron chi connectivity index (χ3n) is 3.90. The van der Waals surface area contributed by atoms with Crippen molar-refractivity contribution in [2.45, 2.75) is 0 Å². The topological polar surface area (TPSA) is 60.8 Å². The van der Waals surface area contributed by atoms with E-state index >= 15 is 0 Å². The zero-order valence-electron chi connectivity index (χ0n) is 12.4. The van der Waals surface area contributed by atoms with E-state index in [2.05, 4.69) is 4.90 Å². The molecule has 0 aliphatic carbocycles. The predicted octanol–water partition coefficient (Wildman–Crippen LogP) is 1.43. The van der Waals surface area contributed by atoms with Crippen LogP contribution >= 0.6 is 0 Å². The average molecular weight is 302 g/mol. The second-order valence-corrected chi connectivity index (χ2v) is 5.24. The number of morpholine rings is 1. The summed E-state index contributed by atoms with van der Waals surface area (Å²) in [5.74, 6) is 0.594. The number of hydrogen-bond acceptors (Lipinski definition) is 5. The fourth-order valence-corrected chi connectivity index (χ4v) is 2.69. The molecule has 0 radical (unpaired) electrons. The zero-order valence-corrected chi connectivity index (χ0v) is 12.4. The number of ether oxygens (including phenoxy) is 2. The number of benzene rings is 1. The molecule has 1 saturated heterocycles. The van der Waals surface area contributed by atoms with E-state index < -0.39 is 0 Å². The van der Waals surface area contributed by atoms with Gasteiger partial charge in [0.2, 0.25) is 5.91 Å². The van der Waals surface area contributed by atoms with Crippen molar-refractivity contribution in [3.05, 3.63) is 30.0 Å². The highest BCUT2D eigenvalue weighted by Crippen LogP contribution is 2.25. The Labute approximate surface area is 128 Å². The van der Waals surface area contributed by atoms with E-state index in [1.165, 1.54) is 4.57 Å². The van der Waals surface area contributed by atoms with Gasteiger partial charge >= 0.3 is 0 Å². The summed E-state index contributed by atoms with van der Waals surface area (Å²) >= 11 is 0. The Balaban J connectivity index is 1.94. The highest BCUT2D eigenvalue weighted by atomic mass is 16.5. The SMILES string of the molecule is COc1ccc2c(C=O)cn(C(=O)CN3CCOCC3)c2c1. The molecule has 0 N–H and O–H groups in total. The van der Waals surface area contributed by atoms with Gasteiger partial charge in [0, 0.05) is 36.3 Å². The van der Waals surface area contributed by atoms with Crippen LogP contribution in [0.1, 0.15) is 15.2 Å². The van der Waals surface area contributed by atoms with Gasteiger partial charge in [0.15, 0.2) is 6.29 Å². The molecule has 116 valence electrons. The van der Waals surface area contributed by atoms with Crippen molar-refractivity contribution >= 4 is 23.1 Å². The summed E-state index contributed by atoms with van der Waals surface area (Å²) in [6, 6.07) is 5.36. The molecule has 0 atom stereocenters. The summed E-state index contributed by atoms with van der Waals surface area (Å²) in [5.41, 5.74) is 1.20. The van der Waals surface area contributed by atoms with Gasteiger partial charge in [-0.1, -0.05) is 0 Å². The molecule has 2 heterocycles. The summed E-state index contributed by atoms with van der Waals surface area (Å²) in [4.78, 5) is 25.9. The fraction of sp³-hybridized carbons (Fsp3) is 0.375. The summed E-state index contributed by atoms with van der Waals surface area (Å²) in [5, 5.41) is 0.756. The molecule has 0 saturated carbocycles. The third kappa shape index (κ3) is 2.75. The molecule has 1 aromatic carbocycles. The highest BCUT2D eigenvalue weighted by Gasteiger charge is 2.18. The Morgan fingerprint density at radius 2 is 2.14 bits per heavy atom. The molecule has 3 rings (SSSR count). The number of carbonyl (C=O) groups is 2. The second kappa shape index (κ2) is 6.29. The van der Waals surface area contributed by atoms with Crippen LogP contribution < -0.4 is 4.74 Å². The number of methoxy groups -OCH3 is 1. The number of aromatic nitrogens is 1. The van der Waals surface area contributed by atoms with Crippen LogP contribution in [0.15, 0.2) is 24.4 Å². The molecule has 2 aromatic rings. The van der Waals surface area contributed by atoms with Gasteiger partial charge in [-0.05, 0) is 12.1 Å². The number of rotatable bonds is 4. The Kier molecular flexibility index (Phi) is 4.22. The van der Waals surface area contributed by atoms with Gasteiger partial charge in [-0.25, -0.2) is 0 Å². The van der Waals surface area contributed by atoms with Crippen molar-refractivity contribution in [2.24, 2.45) is 0 Å². The number of hydrogen-bond donors (Lipinski definition) is 0. The van der Waals surface area contributed by atoms with Crippen molar-refractivity contribution in [1.29, 1.82) is 0 Å². The maximum Gasteiger partial charge on any atom is 0.245 e. The van der Waals surface area contributed by atoms with Gasteiger partial charge in [-0.2, -0.15) is 0 Å². The minimum Gasteiger partial charge on any atom is -0.497 e. The van der Waals surface area contributed by atoms with Crippen LogP contribution in [0.2, 0.25) is 0 Å². The summed E-state index contributed by atoms with van der Waals surface area (Å²) in [7, 11) is 1.57. The van der Waals surface area contributed by atoms with E-state index in [9.17, 15) is 9.59 Å². The van der Waals surface area contributed by atoms with Gasteiger partial charge in [0.25, 0.3) is 0 Å². The van der Waals surface area contributed by atoms with E-state index in [0.29, 0.717) is 36.6 Å². The molecule has 1 fully saturated rings. The number of fused-ring (bicyclic) bond motifs is 1. The molecule has 1 aliphatic heterocycles. The second-order valence-electron chi connectivity index (χ2n) is 5.24. The third-order valence-corrected chi connectivity index (χ3v) is 3.90. The molecule has 0 unspecified atom stereocenters. The lowest BCUT2D eigenvalue weighted by molar-refractivity contribution is 0.0350. The molecule has 1 aliphatic rings. The van der Waals surface area contributed by atoms with E-state index in [1.54, 1.807) is 31.5 Å². The van der Waals surface area contributed by atoms with Crippen LogP contribution in [0.5, 0.6) is 5.75 Å². The fourth-order valence-electron chi connectivity index (χ4n) is 2.69. The maximum absolute atomic E-state index is 12.6.